The highest BCUT2D eigenvalue weighted by Crippen LogP contribution is 2.22. The number of benzene rings is 1. The smallest absolute Gasteiger partial charge is 0.164 e. The summed E-state index contributed by atoms with van der Waals surface area (Å²) in [5.74, 6) is 1.41. The highest BCUT2D eigenvalue weighted by Gasteiger charge is 2.14. The van der Waals surface area contributed by atoms with Crippen molar-refractivity contribution in [1.29, 1.82) is 0 Å². The second kappa shape index (κ2) is 8.17. The van der Waals surface area contributed by atoms with Gasteiger partial charge >= 0.3 is 0 Å². The van der Waals surface area contributed by atoms with E-state index in [1.54, 1.807) is 25.3 Å². The molecule has 0 unspecified atom stereocenters. The Hall–Kier alpha value is -2.05. The number of hydrogen-bond acceptors (Lipinski definition) is 5. The molecule has 0 spiro atoms. The van der Waals surface area contributed by atoms with Crippen LogP contribution in [0.25, 0.3) is 11.4 Å². The van der Waals surface area contributed by atoms with Crippen LogP contribution in [0, 0.1) is 11.7 Å². The number of halogens is 1. The van der Waals surface area contributed by atoms with Gasteiger partial charge in [0.1, 0.15) is 11.6 Å². The first-order valence-electron chi connectivity index (χ1n) is 8.32. The van der Waals surface area contributed by atoms with Gasteiger partial charge in [0, 0.05) is 19.7 Å². The normalized spacial score (nSPS) is 15.4. The molecule has 1 aliphatic rings. The van der Waals surface area contributed by atoms with Gasteiger partial charge in [-0.1, -0.05) is 12.1 Å². The van der Waals surface area contributed by atoms with Gasteiger partial charge in [0.2, 0.25) is 0 Å². The third-order valence-corrected chi connectivity index (χ3v) is 4.22. The number of anilines is 1. The molecule has 0 bridgehead atoms. The third kappa shape index (κ3) is 4.27. The zero-order valence-electron chi connectivity index (χ0n) is 13.9. The average Bonchev–Trinajstić information content (AvgIpc) is 2.61. The maximum absolute atomic E-state index is 14.1. The zero-order chi connectivity index (χ0) is 16.8. The van der Waals surface area contributed by atoms with Gasteiger partial charge in [-0.3, -0.25) is 0 Å². The van der Waals surface area contributed by atoms with Crippen LogP contribution in [0.5, 0.6) is 0 Å². The summed E-state index contributed by atoms with van der Waals surface area (Å²) in [4.78, 5) is 8.92. The molecule has 2 heterocycles. The van der Waals surface area contributed by atoms with Crippen LogP contribution in [0.2, 0.25) is 0 Å². The van der Waals surface area contributed by atoms with Crippen molar-refractivity contribution >= 4 is 5.82 Å². The van der Waals surface area contributed by atoms with E-state index in [4.69, 9.17) is 4.74 Å². The van der Waals surface area contributed by atoms with Crippen molar-refractivity contribution in [3.05, 3.63) is 41.8 Å². The second-order valence-electron chi connectivity index (χ2n) is 6.06. The number of piperidine rings is 1. The molecule has 0 radical (unpaired) electrons. The number of aromatic nitrogens is 2. The van der Waals surface area contributed by atoms with Crippen molar-refractivity contribution in [2.45, 2.75) is 19.4 Å². The predicted molar refractivity (Wildman–Crippen MR) is 92.2 cm³/mol. The van der Waals surface area contributed by atoms with Crippen LogP contribution in [0.3, 0.4) is 0 Å². The monoisotopic (exact) mass is 330 g/mol. The summed E-state index contributed by atoms with van der Waals surface area (Å²) in [5, 5.41) is 6.75. The van der Waals surface area contributed by atoms with E-state index in [0.717, 1.165) is 38.2 Å². The van der Waals surface area contributed by atoms with E-state index >= 15 is 0 Å². The summed E-state index contributed by atoms with van der Waals surface area (Å²) in [6.07, 6.45) is 2.31. The van der Waals surface area contributed by atoms with E-state index in [-0.39, 0.29) is 5.82 Å². The van der Waals surface area contributed by atoms with Gasteiger partial charge in [-0.2, -0.15) is 0 Å². The maximum Gasteiger partial charge on any atom is 0.164 e. The van der Waals surface area contributed by atoms with Crippen LogP contribution in [0.1, 0.15) is 18.5 Å². The largest absolute Gasteiger partial charge is 0.378 e. The standard InChI is InChI=1S/C18H23FN4O/c1-24-12-14-10-17(21-11-13-6-8-20-9-7-13)23-18(22-14)15-4-2-3-5-16(15)19/h2-5,10,13,20H,6-9,11-12H2,1H3,(H,21,22,23). The van der Waals surface area contributed by atoms with Crippen molar-refractivity contribution in [1.82, 2.24) is 15.3 Å². The molecule has 2 aromatic rings. The Morgan fingerprint density at radius 1 is 1.25 bits per heavy atom. The van der Waals surface area contributed by atoms with Crippen molar-refractivity contribution in [2.24, 2.45) is 5.92 Å². The second-order valence-corrected chi connectivity index (χ2v) is 6.06. The van der Waals surface area contributed by atoms with E-state index < -0.39 is 0 Å². The van der Waals surface area contributed by atoms with Crippen molar-refractivity contribution < 1.29 is 9.13 Å². The van der Waals surface area contributed by atoms with Gasteiger partial charge in [-0.25, -0.2) is 14.4 Å². The molecule has 3 rings (SSSR count). The predicted octanol–water partition coefficient (Wildman–Crippen LogP) is 2.84. The molecule has 6 heteroatoms. The summed E-state index contributed by atoms with van der Waals surface area (Å²) >= 11 is 0. The summed E-state index contributed by atoms with van der Waals surface area (Å²) in [6.45, 7) is 3.35. The lowest BCUT2D eigenvalue weighted by Crippen LogP contribution is -2.31. The summed E-state index contributed by atoms with van der Waals surface area (Å²) in [7, 11) is 1.62. The minimum atomic E-state index is -0.323. The van der Waals surface area contributed by atoms with E-state index in [9.17, 15) is 4.39 Å². The first-order chi connectivity index (χ1) is 11.8. The van der Waals surface area contributed by atoms with Gasteiger partial charge in [0.25, 0.3) is 0 Å². The molecule has 24 heavy (non-hydrogen) atoms. The highest BCUT2D eigenvalue weighted by atomic mass is 19.1. The van der Waals surface area contributed by atoms with Gasteiger partial charge < -0.3 is 15.4 Å². The van der Waals surface area contributed by atoms with Crippen LogP contribution in [-0.4, -0.2) is 36.7 Å². The molecule has 1 aromatic carbocycles. The van der Waals surface area contributed by atoms with Gasteiger partial charge in [0.15, 0.2) is 5.82 Å². The first-order valence-corrected chi connectivity index (χ1v) is 8.32. The minimum Gasteiger partial charge on any atom is -0.378 e. The van der Waals surface area contributed by atoms with Gasteiger partial charge in [-0.15, -0.1) is 0 Å². The molecule has 1 aromatic heterocycles. The van der Waals surface area contributed by atoms with Crippen LogP contribution in [-0.2, 0) is 11.3 Å². The summed E-state index contributed by atoms with van der Waals surface area (Å²) in [6, 6.07) is 8.43. The average molecular weight is 330 g/mol. The Bertz CT molecular complexity index is 674. The topological polar surface area (TPSA) is 59.1 Å². The van der Waals surface area contributed by atoms with E-state index in [1.807, 2.05) is 6.07 Å². The molecule has 0 saturated carbocycles. The van der Waals surface area contributed by atoms with Crippen LogP contribution in [0.4, 0.5) is 10.2 Å². The third-order valence-electron chi connectivity index (χ3n) is 4.22. The fourth-order valence-electron chi connectivity index (χ4n) is 2.91. The van der Waals surface area contributed by atoms with E-state index in [1.165, 1.54) is 6.07 Å². The number of nitrogens with zero attached hydrogens (tertiary/aromatic N) is 2. The van der Waals surface area contributed by atoms with Crippen LogP contribution < -0.4 is 10.6 Å². The lowest BCUT2D eigenvalue weighted by atomic mass is 9.98. The maximum atomic E-state index is 14.1. The highest BCUT2D eigenvalue weighted by molar-refractivity contribution is 5.58. The molecule has 1 aliphatic heterocycles. The molecular weight excluding hydrogens is 307 g/mol. The number of rotatable bonds is 6. The number of methoxy groups -OCH3 is 1. The lowest BCUT2D eigenvalue weighted by Gasteiger charge is -2.23. The van der Waals surface area contributed by atoms with Gasteiger partial charge in [0.05, 0.1) is 17.9 Å². The SMILES string of the molecule is COCc1cc(NCC2CCNCC2)nc(-c2ccccc2F)n1. The fourth-order valence-corrected chi connectivity index (χ4v) is 2.91. The Kier molecular flexibility index (Phi) is 5.72. The molecule has 0 atom stereocenters. The van der Waals surface area contributed by atoms with Crippen molar-refractivity contribution in [3.63, 3.8) is 0 Å². The molecule has 5 nitrogen and oxygen atoms in total. The first kappa shape index (κ1) is 16.8. The van der Waals surface area contributed by atoms with E-state index in [0.29, 0.717) is 29.7 Å². The van der Waals surface area contributed by atoms with E-state index in [2.05, 4.69) is 20.6 Å². The zero-order valence-corrected chi connectivity index (χ0v) is 13.9. The number of ether oxygens (including phenoxy) is 1. The van der Waals surface area contributed by atoms with Crippen molar-refractivity contribution in [3.8, 4) is 11.4 Å². The van der Waals surface area contributed by atoms with Crippen LogP contribution in [0.15, 0.2) is 30.3 Å². The Morgan fingerprint density at radius 3 is 2.79 bits per heavy atom. The molecule has 128 valence electrons. The number of nitrogens with one attached hydrogen (secondary N) is 2. The quantitative estimate of drug-likeness (QED) is 0.853. The van der Waals surface area contributed by atoms with Crippen molar-refractivity contribution in [2.75, 3.05) is 32.1 Å². The molecule has 2 N–H and O–H groups in total. The van der Waals surface area contributed by atoms with Gasteiger partial charge in [-0.05, 0) is 44.0 Å². The lowest BCUT2D eigenvalue weighted by molar-refractivity contribution is 0.181. The summed E-state index contributed by atoms with van der Waals surface area (Å²) in [5.41, 5.74) is 1.14. The molecule has 0 amide bonds. The minimum absolute atomic E-state index is 0.323. The summed E-state index contributed by atoms with van der Waals surface area (Å²) < 4.78 is 19.2. The molecule has 0 aliphatic carbocycles. The Balaban J connectivity index is 1.81. The Morgan fingerprint density at radius 2 is 2.04 bits per heavy atom. The van der Waals surface area contributed by atoms with Crippen LogP contribution >= 0.6 is 0 Å². The molecule has 1 saturated heterocycles. The molecule has 1 fully saturated rings. The Labute approximate surface area is 141 Å². The molecular formula is C18H23FN4O. The fraction of sp³-hybridized carbons (Fsp3) is 0.444. The number of hydrogen-bond donors (Lipinski definition) is 2.